The van der Waals surface area contributed by atoms with Crippen molar-refractivity contribution in [1.29, 1.82) is 0 Å². The number of hydrogen-bond donors (Lipinski definition) is 3. The van der Waals surface area contributed by atoms with Gasteiger partial charge < -0.3 is 16.0 Å². The van der Waals surface area contributed by atoms with Crippen LogP contribution >= 0.6 is 0 Å². The fourth-order valence-electron chi connectivity index (χ4n) is 3.46. The van der Waals surface area contributed by atoms with E-state index < -0.39 is 11.7 Å². The Hall–Kier alpha value is -2.84. The van der Waals surface area contributed by atoms with Crippen molar-refractivity contribution in [1.82, 2.24) is 19.9 Å². The zero-order chi connectivity index (χ0) is 19.0. The van der Waals surface area contributed by atoms with E-state index in [2.05, 4.69) is 25.3 Å². The maximum atomic E-state index is 13.0. The second-order valence-corrected chi connectivity index (χ2v) is 6.80. The van der Waals surface area contributed by atoms with Gasteiger partial charge in [-0.2, -0.15) is 13.2 Å². The summed E-state index contributed by atoms with van der Waals surface area (Å²) in [6, 6.07) is 1.36. The van der Waals surface area contributed by atoms with E-state index in [1.54, 1.807) is 6.20 Å². The number of nitrogen functional groups attached to an aromatic ring is 1. The van der Waals surface area contributed by atoms with Gasteiger partial charge in [0.1, 0.15) is 11.3 Å². The summed E-state index contributed by atoms with van der Waals surface area (Å²) in [5, 5.41) is 3.63. The van der Waals surface area contributed by atoms with Gasteiger partial charge in [0.25, 0.3) is 0 Å². The van der Waals surface area contributed by atoms with Crippen molar-refractivity contribution in [2.24, 2.45) is 0 Å². The molecule has 0 aromatic carbocycles. The predicted molar refractivity (Wildman–Crippen MR) is 97.0 cm³/mol. The van der Waals surface area contributed by atoms with Gasteiger partial charge >= 0.3 is 6.18 Å². The number of nitrogens with two attached hydrogens (primary N) is 1. The van der Waals surface area contributed by atoms with E-state index in [0.717, 1.165) is 37.9 Å². The first-order valence-electron chi connectivity index (χ1n) is 8.85. The van der Waals surface area contributed by atoms with Crippen LogP contribution in [0.4, 0.5) is 24.8 Å². The molecule has 4 rings (SSSR count). The number of rotatable bonds is 3. The third-order valence-corrected chi connectivity index (χ3v) is 4.87. The second kappa shape index (κ2) is 6.71. The molecule has 1 fully saturated rings. The Morgan fingerprint density at radius 3 is 2.63 bits per heavy atom. The van der Waals surface area contributed by atoms with Crippen molar-refractivity contribution in [3.8, 4) is 11.3 Å². The van der Waals surface area contributed by atoms with E-state index in [-0.39, 0.29) is 0 Å². The first-order chi connectivity index (χ1) is 12.9. The summed E-state index contributed by atoms with van der Waals surface area (Å²) >= 11 is 0. The highest BCUT2D eigenvalue weighted by atomic mass is 19.4. The lowest BCUT2D eigenvalue weighted by Gasteiger charge is -2.22. The summed E-state index contributed by atoms with van der Waals surface area (Å²) in [4.78, 5) is 15.4. The van der Waals surface area contributed by atoms with Gasteiger partial charge in [0.2, 0.25) is 5.95 Å². The Balaban J connectivity index is 1.73. The molecule has 3 heterocycles. The summed E-state index contributed by atoms with van der Waals surface area (Å²) in [5.41, 5.74) is 6.70. The van der Waals surface area contributed by atoms with E-state index in [9.17, 15) is 13.2 Å². The van der Waals surface area contributed by atoms with E-state index in [1.165, 1.54) is 12.6 Å². The molecule has 4 N–H and O–H groups in total. The molecule has 27 heavy (non-hydrogen) atoms. The minimum atomic E-state index is -4.47. The fraction of sp³-hybridized carbons (Fsp3) is 0.389. The zero-order valence-corrected chi connectivity index (χ0v) is 14.5. The lowest BCUT2D eigenvalue weighted by molar-refractivity contribution is -0.137. The SMILES string of the molecule is Nc1cnc(NC2CCCCC2)nc1-c1c[nH]c2ncc(C(F)(F)F)cc12. The van der Waals surface area contributed by atoms with Crippen molar-refractivity contribution in [3.63, 3.8) is 0 Å². The third-order valence-electron chi connectivity index (χ3n) is 4.87. The van der Waals surface area contributed by atoms with Gasteiger partial charge in [-0.1, -0.05) is 19.3 Å². The number of aromatic nitrogens is 4. The third kappa shape index (κ3) is 3.54. The van der Waals surface area contributed by atoms with Crippen LogP contribution in [0.1, 0.15) is 37.7 Å². The second-order valence-electron chi connectivity index (χ2n) is 6.80. The smallest absolute Gasteiger partial charge is 0.396 e. The maximum absolute atomic E-state index is 13.0. The van der Waals surface area contributed by atoms with Gasteiger partial charge in [-0.15, -0.1) is 0 Å². The Bertz CT molecular complexity index is 959. The molecule has 0 unspecified atom stereocenters. The van der Waals surface area contributed by atoms with Crippen LogP contribution in [0.2, 0.25) is 0 Å². The van der Waals surface area contributed by atoms with Gasteiger partial charge in [-0.05, 0) is 18.9 Å². The maximum Gasteiger partial charge on any atom is 0.417 e. The largest absolute Gasteiger partial charge is 0.417 e. The van der Waals surface area contributed by atoms with Crippen molar-refractivity contribution >= 4 is 22.7 Å². The van der Waals surface area contributed by atoms with Crippen LogP contribution < -0.4 is 11.1 Å². The van der Waals surface area contributed by atoms with Crippen molar-refractivity contribution < 1.29 is 13.2 Å². The zero-order valence-electron chi connectivity index (χ0n) is 14.5. The first kappa shape index (κ1) is 17.6. The number of nitrogens with zero attached hydrogens (tertiary/aromatic N) is 3. The minimum absolute atomic E-state index is 0.294. The molecule has 0 atom stereocenters. The van der Waals surface area contributed by atoms with Gasteiger partial charge in [-0.3, -0.25) is 0 Å². The predicted octanol–water partition coefficient (Wildman–Crippen LogP) is 4.37. The van der Waals surface area contributed by atoms with Gasteiger partial charge in [0, 0.05) is 29.4 Å². The summed E-state index contributed by atoms with van der Waals surface area (Å²) < 4.78 is 39.1. The molecule has 0 spiro atoms. The molecule has 0 bridgehead atoms. The number of pyridine rings is 1. The molecule has 0 amide bonds. The summed E-state index contributed by atoms with van der Waals surface area (Å²) in [6.45, 7) is 0. The van der Waals surface area contributed by atoms with Crippen LogP contribution in [0.5, 0.6) is 0 Å². The number of aromatic amines is 1. The molecule has 3 aromatic heterocycles. The standard InChI is InChI=1S/C18H19F3N6/c19-18(20,21)10-6-12-13(8-24-16(12)23-7-10)15-14(22)9-25-17(27-15)26-11-4-2-1-3-5-11/h6-9,11H,1-5,22H2,(H,23,24)(H,25,26,27). The summed E-state index contributed by atoms with van der Waals surface area (Å²) in [5.74, 6) is 0.431. The van der Waals surface area contributed by atoms with Crippen LogP contribution in [0.25, 0.3) is 22.3 Å². The molecular weight excluding hydrogens is 357 g/mol. The average molecular weight is 376 g/mol. The molecule has 1 aliphatic rings. The normalized spacial score (nSPS) is 16.0. The van der Waals surface area contributed by atoms with Gasteiger partial charge in [0.05, 0.1) is 17.4 Å². The highest BCUT2D eigenvalue weighted by Gasteiger charge is 2.31. The highest BCUT2D eigenvalue weighted by molar-refractivity contribution is 5.95. The molecule has 3 aromatic rings. The monoisotopic (exact) mass is 376 g/mol. The highest BCUT2D eigenvalue weighted by Crippen LogP contribution is 2.35. The van der Waals surface area contributed by atoms with Crippen LogP contribution in [0.3, 0.4) is 0 Å². The van der Waals surface area contributed by atoms with E-state index in [4.69, 9.17) is 5.73 Å². The molecular formula is C18H19F3N6. The number of fused-ring (bicyclic) bond motifs is 1. The summed E-state index contributed by atoms with van der Waals surface area (Å²) in [6.07, 6.45) is 5.04. The topological polar surface area (TPSA) is 92.5 Å². The molecule has 142 valence electrons. The molecule has 9 heteroatoms. The molecule has 6 nitrogen and oxygen atoms in total. The molecule has 0 saturated heterocycles. The molecule has 1 aliphatic carbocycles. The average Bonchev–Trinajstić information content (AvgIpc) is 3.06. The molecule has 0 aliphatic heterocycles. The van der Waals surface area contributed by atoms with E-state index >= 15 is 0 Å². The van der Waals surface area contributed by atoms with Gasteiger partial charge in [-0.25, -0.2) is 15.0 Å². The Morgan fingerprint density at radius 2 is 1.89 bits per heavy atom. The van der Waals surface area contributed by atoms with Gasteiger partial charge in [0.15, 0.2) is 0 Å². The van der Waals surface area contributed by atoms with Crippen molar-refractivity contribution in [2.75, 3.05) is 11.1 Å². The number of anilines is 2. The molecule has 0 radical (unpaired) electrons. The van der Waals surface area contributed by atoms with E-state index in [1.807, 2.05) is 0 Å². The number of nitrogens with one attached hydrogen (secondary N) is 2. The van der Waals surface area contributed by atoms with Crippen LogP contribution in [0, 0.1) is 0 Å². The Kier molecular flexibility index (Phi) is 4.37. The number of halogens is 3. The number of H-pyrrole nitrogens is 1. The minimum Gasteiger partial charge on any atom is -0.396 e. The molecule has 1 saturated carbocycles. The fourth-order valence-corrected chi connectivity index (χ4v) is 3.46. The Labute approximate surface area is 153 Å². The Morgan fingerprint density at radius 1 is 1.11 bits per heavy atom. The lowest BCUT2D eigenvalue weighted by Crippen LogP contribution is -2.23. The number of hydrogen-bond acceptors (Lipinski definition) is 5. The number of alkyl halides is 3. The quantitative estimate of drug-likeness (QED) is 0.631. The van der Waals surface area contributed by atoms with Crippen LogP contribution in [-0.4, -0.2) is 26.0 Å². The van der Waals surface area contributed by atoms with Crippen molar-refractivity contribution in [3.05, 3.63) is 30.2 Å². The lowest BCUT2D eigenvalue weighted by atomic mass is 9.96. The first-order valence-corrected chi connectivity index (χ1v) is 8.85. The summed E-state index contributed by atoms with van der Waals surface area (Å²) in [7, 11) is 0. The van der Waals surface area contributed by atoms with E-state index in [0.29, 0.717) is 40.0 Å². The van der Waals surface area contributed by atoms with Crippen molar-refractivity contribution in [2.45, 2.75) is 44.3 Å². The van der Waals surface area contributed by atoms with Crippen LogP contribution in [0.15, 0.2) is 24.7 Å². The van der Waals surface area contributed by atoms with Crippen LogP contribution in [-0.2, 0) is 6.18 Å².